The number of aryl methyl sites for hydroxylation is 1. The Morgan fingerprint density at radius 2 is 2.06 bits per heavy atom. The zero-order valence-electron chi connectivity index (χ0n) is 8.70. The first kappa shape index (κ1) is 8.96. The van der Waals surface area contributed by atoms with E-state index < -0.39 is 0 Å². The smallest absolute Gasteiger partial charge is 0.178 e. The van der Waals surface area contributed by atoms with Crippen molar-refractivity contribution in [1.29, 1.82) is 0 Å². The Morgan fingerprint density at radius 1 is 1.12 bits per heavy atom. The summed E-state index contributed by atoms with van der Waals surface area (Å²) in [6.07, 6.45) is 7.06. The zero-order valence-corrected chi connectivity index (χ0v) is 8.70. The highest BCUT2D eigenvalue weighted by molar-refractivity contribution is 5.71. The highest BCUT2D eigenvalue weighted by atomic mass is 15.0. The van der Waals surface area contributed by atoms with Gasteiger partial charge in [-0.3, -0.25) is 4.98 Å². The van der Waals surface area contributed by atoms with E-state index in [1.165, 1.54) is 0 Å². The van der Waals surface area contributed by atoms with E-state index in [4.69, 9.17) is 0 Å². The van der Waals surface area contributed by atoms with Gasteiger partial charge in [-0.1, -0.05) is 0 Å². The van der Waals surface area contributed by atoms with Crippen LogP contribution in [0.15, 0.2) is 37.1 Å². The molecule has 0 bridgehead atoms. The van der Waals surface area contributed by atoms with E-state index in [0.29, 0.717) is 5.65 Å². The lowest BCUT2D eigenvalue weighted by Gasteiger charge is -1.97. The van der Waals surface area contributed by atoms with Gasteiger partial charge >= 0.3 is 0 Å². The Balaban J connectivity index is 2.18. The molecule has 3 aromatic heterocycles. The SMILES string of the molecule is Cn1cnc(-c2cnc3cccnc3n2)c1. The second kappa shape index (κ2) is 3.37. The molecule has 3 heterocycles. The summed E-state index contributed by atoms with van der Waals surface area (Å²) < 4.78 is 1.87. The highest BCUT2D eigenvalue weighted by Crippen LogP contribution is 2.15. The van der Waals surface area contributed by atoms with E-state index in [2.05, 4.69) is 19.9 Å². The minimum Gasteiger partial charge on any atom is -0.340 e. The standard InChI is InChI=1S/C11H9N5/c1-16-6-10(14-7-16)9-5-13-8-3-2-4-12-11(8)15-9/h2-7H,1H3. The lowest BCUT2D eigenvalue weighted by molar-refractivity contribution is 0.913. The van der Waals surface area contributed by atoms with Crippen molar-refractivity contribution < 1.29 is 0 Å². The third kappa shape index (κ3) is 1.42. The second-order valence-electron chi connectivity index (χ2n) is 3.53. The summed E-state index contributed by atoms with van der Waals surface area (Å²) in [5.41, 5.74) is 2.99. The van der Waals surface area contributed by atoms with E-state index in [0.717, 1.165) is 16.9 Å². The molecule has 5 nitrogen and oxygen atoms in total. The van der Waals surface area contributed by atoms with Crippen molar-refractivity contribution in [2.45, 2.75) is 0 Å². The van der Waals surface area contributed by atoms with Gasteiger partial charge in [-0.2, -0.15) is 0 Å². The maximum absolute atomic E-state index is 4.41. The van der Waals surface area contributed by atoms with E-state index in [1.54, 1.807) is 18.7 Å². The second-order valence-corrected chi connectivity index (χ2v) is 3.53. The lowest BCUT2D eigenvalue weighted by Crippen LogP contribution is -1.90. The molecule has 0 saturated heterocycles. The van der Waals surface area contributed by atoms with Gasteiger partial charge in [0.1, 0.15) is 16.9 Å². The molecule has 0 amide bonds. The van der Waals surface area contributed by atoms with E-state index in [9.17, 15) is 0 Å². The molecule has 0 spiro atoms. The van der Waals surface area contributed by atoms with Crippen LogP contribution in [0, 0.1) is 0 Å². The van der Waals surface area contributed by atoms with Crippen LogP contribution in [-0.4, -0.2) is 24.5 Å². The molecule has 0 aliphatic rings. The van der Waals surface area contributed by atoms with Crippen molar-refractivity contribution >= 4 is 11.2 Å². The number of imidazole rings is 1. The topological polar surface area (TPSA) is 56.5 Å². The van der Waals surface area contributed by atoms with Crippen molar-refractivity contribution in [2.75, 3.05) is 0 Å². The molecule has 5 heteroatoms. The van der Waals surface area contributed by atoms with Crippen LogP contribution >= 0.6 is 0 Å². The Bertz CT molecular complexity index is 643. The van der Waals surface area contributed by atoms with Gasteiger partial charge in [0.25, 0.3) is 0 Å². The molecule has 0 aliphatic heterocycles. The number of hydrogen-bond donors (Lipinski definition) is 0. The van der Waals surface area contributed by atoms with Crippen LogP contribution in [0.1, 0.15) is 0 Å². The predicted molar refractivity (Wildman–Crippen MR) is 59.5 cm³/mol. The zero-order chi connectivity index (χ0) is 11.0. The average molecular weight is 211 g/mol. The number of aromatic nitrogens is 5. The van der Waals surface area contributed by atoms with Crippen LogP contribution in [0.4, 0.5) is 0 Å². The van der Waals surface area contributed by atoms with Crippen molar-refractivity contribution in [3.05, 3.63) is 37.1 Å². The van der Waals surface area contributed by atoms with Crippen molar-refractivity contribution in [2.24, 2.45) is 7.05 Å². The van der Waals surface area contributed by atoms with Gasteiger partial charge in [0, 0.05) is 19.4 Å². The number of pyridine rings is 1. The van der Waals surface area contributed by atoms with Crippen LogP contribution in [0.25, 0.3) is 22.6 Å². The monoisotopic (exact) mass is 211 g/mol. The Hall–Kier alpha value is -2.30. The van der Waals surface area contributed by atoms with Crippen molar-refractivity contribution in [3.63, 3.8) is 0 Å². The van der Waals surface area contributed by atoms with Crippen LogP contribution in [0.5, 0.6) is 0 Å². The number of rotatable bonds is 1. The maximum atomic E-state index is 4.41. The molecular weight excluding hydrogens is 202 g/mol. The van der Waals surface area contributed by atoms with Crippen LogP contribution in [0.3, 0.4) is 0 Å². The number of fused-ring (bicyclic) bond motifs is 1. The maximum Gasteiger partial charge on any atom is 0.178 e. The van der Waals surface area contributed by atoms with Gasteiger partial charge in [-0.15, -0.1) is 0 Å². The molecule has 0 radical (unpaired) electrons. The van der Waals surface area contributed by atoms with Gasteiger partial charge in [0.2, 0.25) is 0 Å². The fourth-order valence-corrected chi connectivity index (χ4v) is 1.52. The average Bonchev–Trinajstić information content (AvgIpc) is 2.75. The Labute approximate surface area is 91.8 Å². The van der Waals surface area contributed by atoms with Gasteiger partial charge in [-0.25, -0.2) is 15.0 Å². The fourth-order valence-electron chi connectivity index (χ4n) is 1.52. The molecule has 0 fully saturated rings. The van der Waals surface area contributed by atoms with Crippen LogP contribution < -0.4 is 0 Å². The first-order valence-electron chi connectivity index (χ1n) is 4.89. The molecule has 0 unspecified atom stereocenters. The molecular formula is C11H9N5. The Morgan fingerprint density at radius 3 is 2.88 bits per heavy atom. The molecule has 0 aliphatic carbocycles. The van der Waals surface area contributed by atoms with Crippen LogP contribution in [-0.2, 0) is 7.05 Å². The minimum absolute atomic E-state index is 0.644. The molecule has 16 heavy (non-hydrogen) atoms. The van der Waals surface area contributed by atoms with Gasteiger partial charge < -0.3 is 4.57 Å². The van der Waals surface area contributed by atoms with Crippen molar-refractivity contribution in [3.8, 4) is 11.4 Å². The summed E-state index contributed by atoms with van der Waals surface area (Å²) in [7, 11) is 1.92. The normalized spacial score (nSPS) is 10.8. The Kier molecular flexibility index (Phi) is 1.89. The number of hydrogen-bond acceptors (Lipinski definition) is 4. The lowest BCUT2D eigenvalue weighted by atomic mass is 10.3. The minimum atomic E-state index is 0.644. The first-order valence-corrected chi connectivity index (χ1v) is 4.89. The highest BCUT2D eigenvalue weighted by Gasteiger charge is 2.05. The molecule has 0 N–H and O–H groups in total. The van der Waals surface area contributed by atoms with Gasteiger partial charge in [0.05, 0.1) is 12.5 Å². The summed E-state index contributed by atoms with van der Waals surface area (Å²) in [6.45, 7) is 0. The quantitative estimate of drug-likeness (QED) is 0.611. The van der Waals surface area contributed by atoms with E-state index in [1.807, 2.05) is 29.9 Å². The summed E-state index contributed by atoms with van der Waals surface area (Å²) in [6, 6.07) is 3.73. The van der Waals surface area contributed by atoms with Gasteiger partial charge in [-0.05, 0) is 12.1 Å². The summed E-state index contributed by atoms with van der Waals surface area (Å²) in [5.74, 6) is 0. The molecule has 0 saturated carbocycles. The summed E-state index contributed by atoms with van der Waals surface area (Å²) >= 11 is 0. The first-order chi connectivity index (χ1) is 7.83. The largest absolute Gasteiger partial charge is 0.340 e. The molecule has 0 atom stereocenters. The van der Waals surface area contributed by atoms with E-state index >= 15 is 0 Å². The van der Waals surface area contributed by atoms with Crippen LogP contribution in [0.2, 0.25) is 0 Å². The van der Waals surface area contributed by atoms with E-state index in [-0.39, 0.29) is 0 Å². The molecule has 78 valence electrons. The molecule has 0 aromatic carbocycles. The third-order valence-electron chi connectivity index (χ3n) is 2.29. The number of nitrogens with zero attached hydrogens (tertiary/aromatic N) is 5. The summed E-state index contributed by atoms with van der Waals surface area (Å²) in [4.78, 5) is 17.1. The molecule has 3 rings (SSSR count). The molecule has 3 aromatic rings. The fraction of sp³-hybridized carbons (Fsp3) is 0.0909. The van der Waals surface area contributed by atoms with Crippen molar-refractivity contribution in [1.82, 2.24) is 24.5 Å². The summed E-state index contributed by atoms with van der Waals surface area (Å²) in [5, 5.41) is 0. The third-order valence-corrected chi connectivity index (χ3v) is 2.29. The predicted octanol–water partition coefficient (Wildman–Crippen LogP) is 1.43. The van der Waals surface area contributed by atoms with Gasteiger partial charge in [0.15, 0.2) is 5.65 Å².